The van der Waals surface area contributed by atoms with Crippen molar-refractivity contribution in [1.82, 2.24) is 4.98 Å². The third kappa shape index (κ3) is 2.96. The molecule has 2 saturated carbocycles. The number of nitrogens with zero attached hydrogens (tertiary/aromatic N) is 1. The van der Waals surface area contributed by atoms with Crippen molar-refractivity contribution in [2.24, 2.45) is 5.41 Å². The summed E-state index contributed by atoms with van der Waals surface area (Å²) in [4.78, 5) is 17.2. The first-order valence-electron chi connectivity index (χ1n) is 10.9. The topological polar surface area (TPSA) is 59.4 Å². The fourth-order valence-electron chi connectivity index (χ4n) is 5.47. The predicted octanol–water partition coefficient (Wildman–Crippen LogP) is 6.21. The third-order valence-electron chi connectivity index (χ3n) is 7.23. The first kappa shape index (κ1) is 19.8. The molecule has 2 unspecified atom stereocenters. The lowest BCUT2D eigenvalue weighted by Gasteiger charge is -2.18. The number of carboxylic acid groups (broad SMARTS) is 1. The molecule has 2 aliphatic rings. The van der Waals surface area contributed by atoms with Gasteiger partial charge in [0.25, 0.3) is 0 Å². The van der Waals surface area contributed by atoms with Crippen molar-refractivity contribution >= 4 is 5.97 Å². The molecule has 2 aliphatic carbocycles. The van der Waals surface area contributed by atoms with E-state index < -0.39 is 16.8 Å². The van der Waals surface area contributed by atoms with E-state index in [1.807, 2.05) is 63.2 Å². The van der Waals surface area contributed by atoms with Gasteiger partial charge in [0.15, 0.2) is 0 Å². The Bertz CT molecular complexity index is 1150. The van der Waals surface area contributed by atoms with E-state index >= 15 is 0 Å². The first-order chi connectivity index (χ1) is 14.9. The maximum atomic E-state index is 12.8. The molecule has 0 spiro atoms. The minimum absolute atomic E-state index is 0.215. The van der Waals surface area contributed by atoms with Gasteiger partial charge in [-0.1, -0.05) is 50.2 Å². The summed E-state index contributed by atoms with van der Waals surface area (Å²) in [6, 6.07) is 19.8. The number of aromatic nitrogens is 1. The number of aryl methyl sites for hydroxylation is 1. The molecule has 0 aliphatic heterocycles. The predicted molar refractivity (Wildman–Crippen MR) is 120 cm³/mol. The van der Waals surface area contributed by atoms with E-state index in [2.05, 4.69) is 23.2 Å². The number of aliphatic carboxylic acids is 1. The Labute approximate surface area is 182 Å². The third-order valence-corrected chi connectivity index (χ3v) is 7.23. The number of pyridine rings is 1. The number of hydrogen-bond acceptors (Lipinski definition) is 3. The minimum Gasteiger partial charge on any atom is -0.481 e. The van der Waals surface area contributed by atoms with Gasteiger partial charge in [0.2, 0.25) is 0 Å². The molecular weight excluding hydrogens is 386 g/mol. The molecule has 5 rings (SSSR count). The summed E-state index contributed by atoms with van der Waals surface area (Å²) in [5, 5.41) is 10.5. The van der Waals surface area contributed by atoms with Crippen LogP contribution in [0.25, 0.3) is 0 Å². The first-order valence-corrected chi connectivity index (χ1v) is 10.9. The van der Waals surface area contributed by atoms with Crippen LogP contribution in [0.5, 0.6) is 11.5 Å². The fraction of sp³-hybridized carbons (Fsp3) is 0.333. The Kier molecular flexibility index (Phi) is 4.44. The molecule has 3 aromatic rings. The molecule has 0 radical (unpaired) electrons. The van der Waals surface area contributed by atoms with Crippen LogP contribution >= 0.6 is 0 Å². The lowest BCUT2D eigenvalue weighted by Crippen LogP contribution is -2.27. The Hall–Kier alpha value is -3.14. The highest BCUT2D eigenvalue weighted by molar-refractivity contribution is 5.91. The summed E-state index contributed by atoms with van der Waals surface area (Å²) < 4.78 is 6.35. The highest BCUT2D eigenvalue weighted by Gasteiger charge is 2.78. The van der Waals surface area contributed by atoms with E-state index in [4.69, 9.17) is 4.74 Å². The van der Waals surface area contributed by atoms with Crippen LogP contribution in [0.2, 0.25) is 0 Å². The number of carbonyl (C=O) groups is 1. The van der Waals surface area contributed by atoms with Gasteiger partial charge in [-0.25, -0.2) is 0 Å². The van der Waals surface area contributed by atoms with Gasteiger partial charge in [-0.2, -0.15) is 0 Å². The Morgan fingerprint density at radius 2 is 1.81 bits per heavy atom. The van der Waals surface area contributed by atoms with Crippen LogP contribution in [0.4, 0.5) is 0 Å². The van der Waals surface area contributed by atoms with Crippen molar-refractivity contribution in [3.05, 3.63) is 89.2 Å². The van der Waals surface area contributed by atoms with Gasteiger partial charge in [-0.05, 0) is 72.1 Å². The van der Waals surface area contributed by atoms with Crippen LogP contribution in [-0.4, -0.2) is 16.1 Å². The van der Waals surface area contributed by atoms with Crippen molar-refractivity contribution in [1.29, 1.82) is 0 Å². The van der Waals surface area contributed by atoms with E-state index in [0.717, 1.165) is 28.3 Å². The number of para-hydroxylation sites is 1. The monoisotopic (exact) mass is 413 g/mol. The second-order valence-electron chi connectivity index (χ2n) is 9.39. The fourth-order valence-corrected chi connectivity index (χ4v) is 5.47. The highest BCUT2D eigenvalue weighted by Crippen LogP contribution is 2.75. The van der Waals surface area contributed by atoms with Gasteiger partial charge in [-0.3, -0.25) is 9.78 Å². The van der Waals surface area contributed by atoms with Crippen LogP contribution in [-0.2, 0) is 10.2 Å². The van der Waals surface area contributed by atoms with Crippen molar-refractivity contribution in [3.63, 3.8) is 0 Å². The standard InChI is InChI=1S/C27H27NO3/c1-17-22(10-7-15-28-17)27(25(29)30)24(26(27,2)3)21-14-13-19(18-11-12-18)16-23(21)31-20-8-5-4-6-9-20/h4-10,13-16,18,24H,11-12H2,1-3H3,(H,29,30). The minimum atomic E-state index is -1.04. The van der Waals surface area contributed by atoms with Gasteiger partial charge >= 0.3 is 5.97 Å². The van der Waals surface area contributed by atoms with E-state index in [0.29, 0.717) is 5.92 Å². The van der Waals surface area contributed by atoms with Crippen molar-refractivity contribution in [2.75, 3.05) is 0 Å². The molecule has 2 fully saturated rings. The summed E-state index contributed by atoms with van der Waals surface area (Å²) in [5.41, 5.74) is 2.24. The molecule has 4 heteroatoms. The lowest BCUT2D eigenvalue weighted by molar-refractivity contribution is -0.141. The molecule has 0 amide bonds. The van der Waals surface area contributed by atoms with Crippen LogP contribution in [0.3, 0.4) is 0 Å². The molecule has 158 valence electrons. The molecule has 31 heavy (non-hydrogen) atoms. The smallest absolute Gasteiger partial charge is 0.315 e. The van der Waals surface area contributed by atoms with E-state index in [9.17, 15) is 9.90 Å². The van der Waals surface area contributed by atoms with Crippen LogP contribution in [0, 0.1) is 12.3 Å². The van der Waals surface area contributed by atoms with E-state index in [-0.39, 0.29) is 5.92 Å². The summed E-state index contributed by atoms with van der Waals surface area (Å²) in [6.07, 6.45) is 4.12. The molecule has 4 nitrogen and oxygen atoms in total. The largest absolute Gasteiger partial charge is 0.481 e. The second kappa shape index (κ2) is 6.94. The second-order valence-corrected chi connectivity index (χ2v) is 9.39. The van der Waals surface area contributed by atoms with Crippen molar-refractivity contribution in [2.45, 2.75) is 50.9 Å². The summed E-state index contributed by atoms with van der Waals surface area (Å²) in [6.45, 7) is 5.97. The zero-order valence-corrected chi connectivity index (χ0v) is 18.1. The van der Waals surface area contributed by atoms with E-state index in [1.54, 1.807) is 6.20 Å². The Balaban J connectivity index is 1.65. The van der Waals surface area contributed by atoms with Gasteiger partial charge in [0.1, 0.15) is 16.9 Å². The van der Waals surface area contributed by atoms with Gasteiger partial charge in [0.05, 0.1) is 0 Å². The molecule has 1 N–H and O–H groups in total. The molecular formula is C27H27NO3. The molecule has 0 bridgehead atoms. The summed E-state index contributed by atoms with van der Waals surface area (Å²) >= 11 is 0. The van der Waals surface area contributed by atoms with Crippen LogP contribution < -0.4 is 4.74 Å². The Morgan fingerprint density at radius 1 is 1.06 bits per heavy atom. The van der Waals surface area contributed by atoms with Gasteiger partial charge in [-0.15, -0.1) is 0 Å². The van der Waals surface area contributed by atoms with Crippen molar-refractivity contribution in [3.8, 4) is 11.5 Å². The Morgan fingerprint density at radius 3 is 2.45 bits per heavy atom. The number of hydrogen-bond donors (Lipinski definition) is 1. The molecule has 2 atom stereocenters. The van der Waals surface area contributed by atoms with Crippen LogP contribution in [0.15, 0.2) is 66.9 Å². The van der Waals surface area contributed by atoms with Gasteiger partial charge < -0.3 is 9.84 Å². The van der Waals surface area contributed by atoms with Gasteiger partial charge in [0, 0.05) is 17.8 Å². The number of rotatable bonds is 6. The van der Waals surface area contributed by atoms with E-state index in [1.165, 1.54) is 18.4 Å². The number of carboxylic acids is 1. The SMILES string of the molecule is Cc1ncccc1C1(C(=O)O)C(c2ccc(C3CC3)cc2Oc2ccccc2)C1(C)C. The molecule has 1 heterocycles. The average molecular weight is 414 g/mol. The number of benzene rings is 2. The zero-order valence-electron chi connectivity index (χ0n) is 18.1. The normalized spacial score (nSPS) is 23.9. The molecule has 2 aromatic carbocycles. The maximum absolute atomic E-state index is 12.8. The summed E-state index contributed by atoms with van der Waals surface area (Å²) in [7, 11) is 0. The highest BCUT2D eigenvalue weighted by atomic mass is 16.5. The molecule has 1 aromatic heterocycles. The number of ether oxygens (including phenoxy) is 1. The lowest BCUT2D eigenvalue weighted by atomic mass is 9.86. The zero-order chi connectivity index (χ0) is 21.8. The maximum Gasteiger partial charge on any atom is 0.315 e. The van der Waals surface area contributed by atoms with Crippen molar-refractivity contribution < 1.29 is 14.6 Å². The average Bonchev–Trinajstić information content (AvgIpc) is 3.65. The quantitative estimate of drug-likeness (QED) is 0.522. The van der Waals surface area contributed by atoms with Crippen LogP contribution in [0.1, 0.15) is 60.9 Å². The molecule has 0 saturated heterocycles. The summed E-state index contributed by atoms with van der Waals surface area (Å²) in [5.74, 6) is 1.08.